The number of aromatic carboxylic acids is 1. The number of amides is 1. The Morgan fingerprint density at radius 1 is 1.53 bits per heavy atom. The second-order valence-electron chi connectivity index (χ2n) is 4.32. The third-order valence-corrected chi connectivity index (χ3v) is 4.51. The zero-order valence-electron chi connectivity index (χ0n) is 9.70. The summed E-state index contributed by atoms with van der Waals surface area (Å²) in [7, 11) is 0. The Balaban J connectivity index is 2.47. The zero-order chi connectivity index (χ0) is 14.2. The Morgan fingerprint density at radius 2 is 2.21 bits per heavy atom. The van der Waals surface area contributed by atoms with Crippen LogP contribution in [0.5, 0.6) is 0 Å². The van der Waals surface area contributed by atoms with Crippen molar-refractivity contribution in [2.75, 3.05) is 16.8 Å². The van der Waals surface area contributed by atoms with Crippen LogP contribution < -0.4 is 4.90 Å². The lowest BCUT2D eigenvalue weighted by Crippen LogP contribution is -2.27. The van der Waals surface area contributed by atoms with Gasteiger partial charge in [0, 0.05) is 18.3 Å². The van der Waals surface area contributed by atoms with E-state index in [1.807, 2.05) is 0 Å². The molecular weight excluding hydrogens is 385 g/mol. The average molecular weight is 395 g/mol. The highest BCUT2D eigenvalue weighted by Gasteiger charge is 2.32. The van der Waals surface area contributed by atoms with Gasteiger partial charge in [0.2, 0.25) is 5.91 Å². The highest BCUT2D eigenvalue weighted by atomic mass is 79.9. The molecule has 4 nitrogen and oxygen atoms in total. The summed E-state index contributed by atoms with van der Waals surface area (Å²) in [6, 6.07) is 2.27. The minimum absolute atomic E-state index is 0.0670. The van der Waals surface area contributed by atoms with Crippen LogP contribution in [0.25, 0.3) is 0 Å². The lowest BCUT2D eigenvalue weighted by Gasteiger charge is -2.19. The van der Waals surface area contributed by atoms with Crippen LogP contribution in [0.3, 0.4) is 0 Å². The lowest BCUT2D eigenvalue weighted by atomic mass is 10.1. The standard InChI is InChI=1S/C12H10Br2FNO3/c13-4-6-1-11(17)16(5-6)10-3-9(15)8(14)2-7(10)12(18)19/h2-3,6H,1,4-5H2,(H,18,19). The van der Waals surface area contributed by atoms with Crippen LogP contribution in [0.4, 0.5) is 10.1 Å². The number of halogens is 3. The fourth-order valence-corrected chi connectivity index (χ4v) is 2.83. The molecule has 19 heavy (non-hydrogen) atoms. The first-order valence-electron chi connectivity index (χ1n) is 5.52. The van der Waals surface area contributed by atoms with E-state index < -0.39 is 11.8 Å². The quantitative estimate of drug-likeness (QED) is 0.801. The van der Waals surface area contributed by atoms with E-state index >= 15 is 0 Å². The second-order valence-corrected chi connectivity index (χ2v) is 5.82. The van der Waals surface area contributed by atoms with Gasteiger partial charge < -0.3 is 10.0 Å². The highest BCUT2D eigenvalue weighted by Crippen LogP contribution is 2.32. The summed E-state index contributed by atoms with van der Waals surface area (Å²) in [5.41, 5.74) is 0.0264. The van der Waals surface area contributed by atoms with Crippen molar-refractivity contribution in [2.45, 2.75) is 6.42 Å². The molecule has 1 N–H and O–H groups in total. The van der Waals surface area contributed by atoms with Crippen molar-refractivity contribution < 1.29 is 19.1 Å². The average Bonchev–Trinajstić information content (AvgIpc) is 2.73. The zero-order valence-corrected chi connectivity index (χ0v) is 12.9. The van der Waals surface area contributed by atoms with Crippen molar-refractivity contribution in [2.24, 2.45) is 5.92 Å². The number of benzene rings is 1. The predicted octanol–water partition coefficient (Wildman–Crippen LogP) is 3.03. The second kappa shape index (κ2) is 5.58. The Hall–Kier alpha value is -0.950. The number of carboxylic acid groups (broad SMARTS) is 1. The van der Waals surface area contributed by atoms with E-state index in [4.69, 9.17) is 5.11 Å². The molecule has 0 saturated carbocycles. The number of rotatable bonds is 3. The summed E-state index contributed by atoms with van der Waals surface area (Å²) in [4.78, 5) is 24.4. The largest absolute Gasteiger partial charge is 0.478 e. The van der Waals surface area contributed by atoms with E-state index in [0.717, 1.165) is 6.07 Å². The number of anilines is 1. The molecule has 0 spiro atoms. The van der Waals surface area contributed by atoms with E-state index in [-0.39, 0.29) is 27.5 Å². The Bertz CT molecular complexity index is 550. The Morgan fingerprint density at radius 3 is 2.74 bits per heavy atom. The fraction of sp³-hybridized carbons (Fsp3) is 0.333. The first-order chi connectivity index (χ1) is 8.93. The number of carbonyl (C=O) groups is 2. The van der Waals surface area contributed by atoms with Crippen LogP contribution in [-0.4, -0.2) is 28.9 Å². The molecule has 1 saturated heterocycles. The van der Waals surface area contributed by atoms with Crippen molar-refractivity contribution in [1.29, 1.82) is 0 Å². The number of hydrogen-bond donors (Lipinski definition) is 1. The SMILES string of the molecule is O=C(O)c1cc(Br)c(F)cc1N1CC(CBr)CC1=O. The third-order valence-electron chi connectivity index (χ3n) is 2.98. The van der Waals surface area contributed by atoms with Crippen molar-refractivity contribution in [1.82, 2.24) is 0 Å². The van der Waals surface area contributed by atoms with Crippen molar-refractivity contribution in [3.05, 3.63) is 28.0 Å². The molecule has 1 fully saturated rings. The lowest BCUT2D eigenvalue weighted by molar-refractivity contribution is -0.117. The van der Waals surface area contributed by atoms with E-state index in [1.54, 1.807) is 0 Å². The molecule has 0 aromatic heterocycles. The van der Waals surface area contributed by atoms with Crippen molar-refractivity contribution >= 4 is 49.4 Å². The first-order valence-corrected chi connectivity index (χ1v) is 7.44. The van der Waals surface area contributed by atoms with Crippen LogP contribution in [0.15, 0.2) is 16.6 Å². The summed E-state index contributed by atoms with van der Waals surface area (Å²) >= 11 is 6.25. The van der Waals surface area contributed by atoms with E-state index in [2.05, 4.69) is 31.9 Å². The van der Waals surface area contributed by atoms with Gasteiger partial charge in [0.05, 0.1) is 15.7 Å². The maximum Gasteiger partial charge on any atom is 0.337 e. The smallest absolute Gasteiger partial charge is 0.337 e. The van der Waals surface area contributed by atoms with Crippen LogP contribution in [-0.2, 0) is 4.79 Å². The van der Waals surface area contributed by atoms with Crippen LogP contribution in [0, 0.1) is 11.7 Å². The molecule has 1 amide bonds. The summed E-state index contributed by atoms with van der Waals surface area (Å²) in [5.74, 6) is -1.85. The summed E-state index contributed by atoms with van der Waals surface area (Å²) in [5, 5.41) is 9.81. The van der Waals surface area contributed by atoms with Gasteiger partial charge in [-0.3, -0.25) is 4.79 Å². The minimum Gasteiger partial charge on any atom is -0.478 e. The molecule has 2 rings (SSSR count). The number of alkyl halides is 1. The molecule has 1 atom stereocenters. The van der Waals surface area contributed by atoms with Gasteiger partial charge in [-0.25, -0.2) is 9.18 Å². The summed E-state index contributed by atoms with van der Waals surface area (Å²) in [6.45, 7) is 0.394. The van der Waals surface area contributed by atoms with Gasteiger partial charge in [-0.05, 0) is 34.0 Å². The molecule has 0 aliphatic carbocycles. The molecule has 1 unspecified atom stereocenters. The van der Waals surface area contributed by atoms with Gasteiger partial charge in [-0.2, -0.15) is 0 Å². The molecular formula is C12H10Br2FNO3. The number of carbonyl (C=O) groups excluding carboxylic acids is 1. The Kier molecular flexibility index (Phi) is 4.25. The number of nitrogens with zero attached hydrogens (tertiary/aromatic N) is 1. The monoisotopic (exact) mass is 393 g/mol. The number of carboxylic acids is 1. The third kappa shape index (κ3) is 2.81. The van der Waals surface area contributed by atoms with Gasteiger partial charge in [-0.1, -0.05) is 15.9 Å². The molecule has 1 aliphatic heterocycles. The van der Waals surface area contributed by atoms with Crippen molar-refractivity contribution in [3.8, 4) is 0 Å². The van der Waals surface area contributed by atoms with Crippen LogP contribution in [0.2, 0.25) is 0 Å². The minimum atomic E-state index is -1.19. The molecule has 1 aromatic carbocycles. The van der Waals surface area contributed by atoms with Crippen molar-refractivity contribution in [3.63, 3.8) is 0 Å². The number of hydrogen-bond acceptors (Lipinski definition) is 2. The highest BCUT2D eigenvalue weighted by molar-refractivity contribution is 9.10. The normalized spacial score (nSPS) is 19.0. The predicted molar refractivity (Wildman–Crippen MR) is 75.3 cm³/mol. The van der Waals surface area contributed by atoms with Gasteiger partial charge >= 0.3 is 5.97 Å². The van der Waals surface area contributed by atoms with E-state index in [1.165, 1.54) is 11.0 Å². The summed E-state index contributed by atoms with van der Waals surface area (Å²) < 4.78 is 13.7. The van der Waals surface area contributed by atoms with Crippen LogP contribution >= 0.6 is 31.9 Å². The van der Waals surface area contributed by atoms with Gasteiger partial charge in [0.25, 0.3) is 0 Å². The van der Waals surface area contributed by atoms with E-state index in [9.17, 15) is 14.0 Å². The Labute approximate surface area is 125 Å². The molecule has 1 aromatic rings. The molecule has 1 aliphatic rings. The fourth-order valence-electron chi connectivity index (χ4n) is 2.05. The molecule has 0 radical (unpaired) electrons. The topological polar surface area (TPSA) is 57.6 Å². The maximum atomic E-state index is 13.6. The molecule has 102 valence electrons. The van der Waals surface area contributed by atoms with Crippen LogP contribution in [0.1, 0.15) is 16.8 Å². The molecule has 0 bridgehead atoms. The van der Waals surface area contributed by atoms with Gasteiger partial charge in [-0.15, -0.1) is 0 Å². The van der Waals surface area contributed by atoms with Gasteiger partial charge in [0.1, 0.15) is 5.82 Å². The summed E-state index contributed by atoms with van der Waals surface area (Å²) in [6.07, 6.45) is 0.335. The van der Waals surface area contributed by atoms with Gasteiger partial charge in [0.15, 0.2) is 0 Å². The maximum absolute atomic E-state index is 13.6. The molecule has 1 heterocycles. The molecule has 7 heteroatoms. The van der Waals surface area contributed by atoms with E-state index in [0.29, 0.717) is 18.3 Å². The first kappa shape index (κ1) is 14.5.